The molecule has 2 aliphatic heterocycles. The van der Waals surface area contributed by atoms with Crippen molar-refractivity contribution in [3.63, 3.8) is 0 Å². The number of hydrogen-bond donors (Lipinski definition) is 0. The fourth-order valence-corrected chi connectivity index (χ4v) is 5.87. The summed E-state index contributed by atoms with van der Waals surface area (Å²) in [5, 5.41) is 0. The van der Waals surface area contributed by atoms with Gasteiger partial charge in [0.05, 0.1) is 0 Å². The number of piperidine rings is 2. The van der Waals surface area contributed by atoms with Crippen LogP contribution in [-0.2, 0) is 4.79 Å². The Morgan fingerprint density at radius 1 is 0.968 bits per heavy atom. The van der Waals surface area contributed by atoms with Crippen LogP contribution >= 0.6 is 0 Å². The highest BCUT2D eigenvalue weighted by Gasteiger charge is 2.33. The van der Waals surface area contributed by atoms with Crippen LogP contribution in [0.5, 0.6) is 5.75 Å². The second kappa shape index (κ2) is 11.3. The molecule has 2 saturated heterocycles. The summed E-state index contributed by atoms with van der Waals surface area (Å²) in [7, 11) is 0. The standard InChI is InChI=1S/C26H41N3O2/c1-2-3-4-21-5-7-22(8-6-21)26(30)29-17-11-23(12-18-29)28-19-13-25(14-20-28)31-24-9-15-27-16-10-24/h9-10,15-16,21-23,25H,2-8,11-14,17-20H2,1H3. The minimum atomic E-state index is 0.301. The molecule has 5 nitrogen and oxygen atoms in total. The van der Waals surface area contributed by atoms with Crippen LogP contribution in [0.4, 0.5) is 0 Å². The molecule has 1 aliphatic carbocycles. The van der Waals surface area contributed by atoms with Gasteiger partial charge in [-0.15, -0.1) is 0 Å². The van der Waals surface area contributed by atoms with E-state index in [4.69, 9.17) is 4.74 Å². The first-order valence-corrected chi connectivity index (χ1v) is 12.8. The van der Waals surface area contributed by atoms with Gasteiger partial charge in [0.25, 0.3) is 0 Å². The van der Waals surface area contributed by atoms with Gasteiger partial charge in [-0.1, -0.05) is 26.2 Å². The molecule has 3 fully saturated rings. The van der Waals surface area contributed by atoms with Crippen molar-refractivity contribution < 1.29 is 9.53 Å². The molecule has 1 aromatic heterocycles. The number of ether oxygens (including phenoxy) is 1. The van der Waals surface area contributed by atoms with Crippen molar-refractivity contribution in [2.75, 3.05) is 26.2 Å². The lowest BCUT2D eigenvalue weighted by Gasteiger charge is -2.42. The number of unbranched alkanes of at least 4 members (excludes halogenated alkanes) is 1. The third-order valence-electron chi connectivity index (χ3n) is 7.88. The molecule has 5 heteroatoms. The normalized spacial score (nSPS) is 26.7. The molecule has 0 radical (unpaired) electrons. The van der Waals surface area contributed by atoms with Crippen molar-refractivity contribution >= 4 is 5.91 Å². The first kappa shape index (κ1) is 22.6. The van der Waals surface area contributed by atoms with Gasteiger partial charge >= 0.3 is 0 Å². The summed E-state index contributed by atoms with van der Waals surface area (Å²) >= 11 is 0. The number of hydrogen-bond acceptors (Lipinski definition) is 4. The first-order valence-electron chi connectivity index (χ1n) is 12.8. The van der Waals surface area contributed by atoms with Crippen molar-refractivity contribution in [3.05, 3.63) is 24.5 Å². The summed E-state index contributed by atoms with van der Waals surface area (Å²) in [4.78, 5) is 22.0. The highest BCUT2D eigenvalue weighted by molar-refractivity contribution is 5.79. The van der Waals surface area contributed by atoms with Crippen molar-refractivity contribution in [1.82, 2.24) is 14.8 Å². The van der Waals surface area contributed by atoms with Gasteiger partial charge < -0.3 is 9.64 Å². The van der Waals surface area contributed by atoms with Crippen LogP contribution in [0.3, 0.4) is 0 Å². The van der Waals surface area contributed by atoms with Gasteiger partial charge in [0.1, 0.15) is 11.9 Å². The number of likely N-dealkylation sites (tertiary alicyclic amines) is 2. The molecule has 1 aromatic rings. The highest BCUT2D eigenvalue weighted by atomic mass is 16.5. The van der Waals surface area contributed by atoms with E-state index < -0.39 is 0 Å². The van der Waals surface area contributed by atoms with Gasteiger partial charge in [0, 0.05) is 50.5 Å². The van der Waals surface area contributed by atoms with E-state index in [1.165, 1.54) is 32.1 Å². The van der Waals surface area contributed by atoms with E-state index in [1.54, 1.807) is 12.4 Å². The first-order chi connectivity index (χ1) is 15.2. The number of aromatic nitrogens is 1. The monoisotopic (exact) mass is 427 g/mol. The molecule has 1 amide bonds. The van der Waals surface area contributed by atoms with E-state index in [-0.39, 0.29) is 0 Å². The van der Waals surface area contributed by atoms with Crippen molar-refractivity contribution in [2.24, 2.45) is 11.8 Å². The fourth-order valence-electron chi connectivity index (χ4n) is 5.87. The Morgan fingerprint density at radius 3 is 2.29 bits per heavy atom. The van der Waals surface area contributed by atoms with Gasteiger partial charge in [-0.25, -0.2) is 0 Å². The number of carbonyl (C=O) groups is 1. The number of pyridine rings is 1. The highest BCUT2D eigenvalue weighted by Crippen LogP contribution is 2.33. The van der Waals surface area contributed by atoms with Gasteiger partial charge in [-0.3, -0.25) is 14.7 Å². The second-order valence-corrected chi connectivity index (χ2v) is 9.95. The Bertz CT molecular complexity index is 658. The molecule has 4 rings (SSSR count). The maximum absolute atomic E-state index is 13.1. The van der Waals surface area contributed by atoms with Crippen LogP contribution < -0.4 is 4.74 Å². The minimum absolute atomic E-state index is 0.301. The van der Waals surface area contributed by atoms with Crippen molar-refractivity contribution in [2.45, 2.75) is 89.7 Å². The molecule has 0 spiro atoms. The fraction of sp³-hybridized carbons (Fsp3) is 0.769. The quantitative estimate of drug-likeness (QED) is 0.620. The zero-order chi connectivity index (χ0) is 21.5. The summed E-state index contributed by atoms with van der Waals surface area (Å²) in [6.07, 6.45) is 17.1. The maximum Gasteiger partial charge on any atom is 0.225 e. The van der Waals surface area contributed by atoms with E-state index in [2.05, 4.69) is 21.7 Å². The van der Waals surface area contributed by atoms with E-state index >= 15 is 0 Å². The van der Waals surface area contributed by atoms with Crippen LogP contribution in [0.2, 0.25) is 0 Å². The van der Waals surface area contributed by atoms with Crippen LogP contribution in [-0.4, -0.2) is 59.0 Å². The molecule has 0 unspecified atom stereocenters. The predicted molar refractivity (Wildman–Crippen MR) is 124 cm³/mol. The summed E-state index contributed by atoms with van der Waals surface area (Å²) in [5.41, 5.74) is 0. The molecule has 31 heavy (non-hydrogen) atoms. The van der Waals surface area contributed by atoms with Gasteiger partial charge in [-0.2, -0.15) is 0 Å². The molecule has 0 bridgehead atoms. The van der Waals surface area contributed by atoms with E-state index in [1.807, 2.05) is 12.1 Å². The number of nitrogens with zero attached hydrogens (tertiary/aromatic N) is 3. The molecule has 0 aromatic carbocycles. The SMILES string of the molecule is CCCCC1CCC(C(=O)N2CCC(N3CCC(Oc4ccncc4)CC3)CC2)CC1. The van der Waals surface area contributed by atoms with Crippen LogP contribution in [0.15, 0.2) is 24.5 Å². The number of rotatable bonds is 7. The maximum atomic E-state index is 13.1. The molecule has 3 aliphatic rings. The molecule has 1 saturated carbocycles. The molecular formula is C26H41N3O2. The van der Waals surface area contributed by atoms with Crippen molar-refractivity contribution in [3.8, 4) is 5.75 Å². The Labute approximate surface area is 188 Å². The summed E-state index contributed by atoms with van der Waals surface area (Å²) < 4.78 is 6.12. The summed E-state index contributed by atoms with van der Waals surface area (Å²) in [5.74, 6) is 2.56. The molecule has 0 N–H and O–H groups in total. The molecular weight excluding hydrogens is 386 g/mol. The van der Waals surface area contributed by atoms with Crippen molar-refractivity contribution in [1.29, 1.82) is 0 Å². The Morgan fingerprint density at radius 2 is 1.65 bits per heavy atom. The number of amides is 1. The number of carbonyl (C=O) groups excluding carboxylic acids is 1. The Balaban J connectivity index is 1.15. The summed E-state index contributed by atoms with van der Waals surface area (Å²) in [6.45, 7) is 6.39. The van der Waals surface area contributed by atoms with Crippen LogP contribution in [0.25, 0.3) is 0 Å². The second-order valence-electron chi connectivity index (χ2n) is 9.95. The third kappa shape index (κ3) is 6.21. The predicted octanol–water partition coefficient (Wildman–Crippen LogP) is 4.91. The van der Waals surface area contributed by atoms with Crippen LogP contribution in [0, 0.1) is 11.8 Å². The smallest absolute Gasteiger partial charge is 0.225 e. The largest absolute Gasteiger partial charge is 0.490 e. The van der Waals surface area contributed by atoms with Gasteiger partial charge in [0.15, 0.2) is 0 Å². The third-order valence-corrected chi connectivity index (χ3v) is 7.88. The zero-order valence-electron chi connectivity index (χ0n) is 19.4. The average molecular weight is 428 g/mol. The topological polar surface area (TPSA) is 45.7 Å². The van der Waals surface area contributed by atoms with E-state index in [0.29, 0.717) is 24.0 Å². The lowest BCUT2D eigenvalue weighted by molar-refractivity contribution is -0.138. The Hall–Kier alpha value is -1.62. The molecule has 3 heterocycles. The zero-order valence-corrected chi connectivity index (χ0v) is 19.4. The average Bonchev–Trinajstić information content (AvgIpc) is 2.84. The van der Waals surface area contributed by atoms with Gasteiger partial charge in [0.2, 0.25) is 5.91 Å². The molecule has 0 atom stereocenters. The molecule has 172 valence electrons. The summed E-state index contributed by atoms with van der Waals surface area (Å²) in [6, 6.07) is 4.52. The van der Waals surface area contributed by atoms with E-state index in [9.17, 15) is 4.79 Å². The lowest BCUT2D eigenvalue weighted by Crippen LogP contribution is -2.51. The lowest BCUT2D eigenvalue weighted by atomic mass is 9.79. The Kier molecular flexibility index (Phi) is 8.23. The van der Waals surface area contributed by atoms with Crippen LogP contribution in [0.1, 0.15) is 77.6 Å². The minimum Gasteiger partial charge on any atom is -0.490 e. The van der Waals surface area contributed by atoms with E-state index in [0.717, 1.165) is 76.4 Å². The van der Waals surface area contributed by atoms with Gasteiger partial charge in [-0.05, 0) is 69.4 Å².